The molecule has 186 valence electrons. The van der Waals surface area contributed by atoms with E-state index in [9.17, 15) is 0 Å². The zero-order valence-electron chi connectivity index (χ0n) is 21.3. The van der Waals surface area contributed by atoms with E-state index < -0.39 is 0 Å². The van der Waals surface area contributed by atoms with Gasteiger partial charge in [0.1, 0.15) is 0 Å². The number of nitrogens with zero attached hydrogens (tertiary/aromatic N) is 4. The molecule has 0 amide bonds. The van der Waals surface area contributed by atoms with Crippen LogP contribution in [0, 0.1) is 46.2 Å². The van der Waals surface area contributed by atoms with Crippen LogP contribution in [-0.4, -0.2) is 28.6 Å². The van der Waals surface area contributed by atoms with Gasteiger partial charge < -0.3 is 19.6 Å². The SMILES string of the molecule is Cc1cc(C)c(B2c3[c-]c(ccc3)N3C=CN([CH-]3)C3CCC3N3C=CN([CH-]3)c3[c-]c2ccc3)c(C)c1.[Pt+4]. The Hall–Kier alpha value is -2.91. The molecule has 0 N–H and O–H groups in total. The maximum absolute atomic E-state index is 3.80. The maximum Gasteiger partial charge on any atom is 4.00 e. The second kappa shape index (κ2) is 9.44. The molecule has 2 unspecified atom stereocenters. The predicted molar refractivity (Wildman–Crippen MR) is 148 cm³/mol. The Balaban J connectivity index is 0.00000252. The third-order valence-corrected chi connectivity index (χ3v) is 8.09. The quantitative estimate of drug-likeness (QED) is 0.291. The van der Waals surface area contributed by atoms with Gasteiger partial charge in [0, 0.05) is 12.1 Å². The Labute approximate surface area is 235 Å². The van der Waals surface area contributed by atoms with Crippen molar-refractivity contribution in [2.24, 2.45) is 0 Å². The third kappa shape index (κ3) is 4.12. The number of hydrogen-bond donors (Lipinski definition) is 0. The van der Waals surface area contributed by atoms with Crippen molar-refractivity contribution in [2.75, 3.05) is 9.80 Å². The molecule has 3 heterocycles. The molecule has 0 radical (unpaired) electrons. The molecule has 0 saturated heterocycles. The molecular weight excluding hydrogens is 634 g/mol. The van der Waals surface area contributed by atoms with Gasteiger partial charge in [0.25, 0.3) is 0 Å². The Morgan fingerprint density at radius 1 is 0.730 bits per heavy atom. The Bertz CT molecular complexity index is 1300. The van der Waals surface area contributed by atoms with Gasteiger partial charge in [-0.25, -0.2) is 0 Å². The monoisotopic (exact) mass is 663 g/mol. The largest absolute Gasteiger partial charge is 4.00 e. The van der Waals surface area contributed by atoms with E-state index in [0.29, 0.717) is 12.1 Å². The smallest absolute Gasteiger partial charge is 0.504 e. The van der Waals surface area contributed by atoms with Crippen LogP contribution in [0.25, 0.3) is 0 Å². The van der Waals surface area contributed by atoms with Crippen LogP contribution in [0.15, 0.2) is 73.3 Å². The summed E-state index contributed by atoms with van der Waals surface area (Å²) in [6, 6.07) is 26.2. The van der Waals surface area contributed by atoms with Crippen molar-refractivity contribution in [2.45, 2.75) is 45.7 Å². The van der Waals surface area contributed by atoms with Gasteiger partial charge in [-0.15, -0.1) is 11.4 Å². The van der Waals surface area contributed by atoms with E-state index in [1.807, 2.05) is 0 Å². The fourth-order valence-electron chi connectivity index (χ4n) is 6.29. The molecule has 1 aliphatic carbocycles. The van der Waals surface area contributed by atoms with Gasteiger partial charge >= 0.3 is 21.1 Å². The molecule has 1 saturated carbocycles. The summed E-state index contributed by atoms with van der Waals surface area (Å²) in [6.07, 6.45) is 11.1. The third-order valence-electron chi connectivity index (χ3n) is 8.09. The summed E-state index contributed by atoms with van der Waals surface area (Å²) in [5, 5.41) is 0. The number of rotatable bonds is 1. The number of benzene rings is 3. The summed E-state index contributed by atoms with van der Waals surface area (Å²) in [5.41, 5.74) is 9.71. The maximum atomic E-state index is 3.80. The van der Waals surface area contributed by atoms with Crippen LogP contribution in [0.4, 0.5) is 11.4 Å². The van der Waals surface area contributed by atoms with E-state index in [1.165, 1.54) is 35.0 Å². The van der Waals surface area contributed by atoms with E-state index >= 15 is 0 Å². The molecule has 1 fully saturated rings. The molecule has 0 aromatic heterocycles. The van der Waals surface area contributed by atoms with Gasteiger partial charge in [0.2, 0.25) is 0 Å². The number of aryl methyl sites for hydroxylation is 3. The zero-order valence-corrected chi connectivity index (χ0v) is 23.6. The molecule has 6 heteroatoms. The standard InChI is InChI=1S/C31H29BN4.Pt/c1-22-16-23(2)31(24(3)17-22)32-25-6-4-8-27(18-25)33-12-14-35(20-33)29-10-11-30(29)36-15-13-34(21-36)28-9-5-7-26(32)19-28;/h4-9,12-17,20-21,29-30H,10-11H2,1-3H3;/q-4;+4. The molecule has 3 aliphatic heterocycles. The molecule has 0 spiro atoms. The molecule has 37 heavy (non-hydrogen) atoms. The molecule has 8 bridgehead atoms. The van der Waals surface area contributed by atoms with Gasteiger partial charge in [-0.05, 0) is 58.4 Å². The van der Waals surface area contributed by atoms with Gasteiger partial charge in [-0.1, -0.05) is 34.3 Å². The molecule has 2 atom stereocenters. The predicted octanol–water partition coefficient (Wildman–Crippen LogP) is 3.70. The van der Waals surface area contributed by atoms with E-state index in [0.717, 1.165) is 22.3 Å². The Kier molecular flexibility index (Phi) is 6.23. The first-order valence-corrected chi connectivity index (χ1v) is 12.9. The van der Waals surface area contributed by atoms with Crippen LogP contribution >= 0.6 is 0 Å². The summed E-state index contributed by atoms with van der Waals surface area (Å²) in [6.45, 7) is 11.1. The second-order valence-corrected chi connectivity index (χ2v) is 10.5. The van der Waals surface area contributed by atoms with Crippen molar-refractivity contribution >= 4 is 34.5 Å². The summed E-state index contributed by atoms with van der Waals surface area (Å²) < 4.78 is 0. The molecule has 3 aromatic carbocycles. The average molecular weight is 663 g/mol. The first-order valence-electron chi connectivity index (χ1n) is 12.9. The molecule has 3 aromatic rings. The first kappa shape index (κ1) is 24.4. The van der Waals surface area contributed by atoms with E-state index in [1.54, 1.807) is 0 Å². The Morgan fingerprint density at radius 2 is 1.22 bits per heavy atom. The van der Waals surface area contributed by atoms with Crippen LogP contribution in [-0.2, 0) is 21.1 Å². The van der Waals surface area contributed by atoms with Crippen LogP contribution < -0.4 is 26.2 Å². The minimum absolute atomic E-state index is 0. The van der Waals surface area contributed by atoms with Crippen molar-refractivity contribution in [1.29, 1.82) is 0 Å². The van der Waals surface area contributed by atoms with Crippen molar-refractivity contribution in [1.82, 2.24) is 9.80 Å². The van der Waals surface area contributed by atoms with Crippen molar-refractivity contribution < 1.29 is 21.1 Å². The second-order valence-electron chi connectivity index (χ2n) is 10.5. The fourth-order valence-corrected chi connectivity index (χ4v) is 6.29. The Morgan fingerprint density at radius 3 is 1.68 bits per heavy atom. The molecule has 4 nitrogen and oxygen atoms in total. The van der Waals surface area contributed by atoms with Crippen molar-refractivity contribution in [3.63, 3.8) is 0 Å². The van der Waals surface area contributed by atoms with Gasteiger partial charge in [0.05, 0.1) is 0 Å². The number of anilines is 2. The fraction of sp³-hybridized carbons (Fsp3) is 0.226. The summed E-state index contributed by atoms with van der Waals surface area (Å²) in [4.78, 5) is 9.16. The number of hydrogen-bond acceptors (Lipinski definition) is 4. The average Bonchev–Trinajstić information content (AvgIpc) is 3.51. The summed E-state index contributed by atoms with van der Waals surface area (Å²) in [5.74, 6) is 0. The molecule has 4 aliphatic rings. The van der Waals surface area contributed by atoms with Crippen molar-refractivity contribution in [3.8, 4) is 0 Å². The van der Waals surface area contributed by atoms with E-state index in [2.05, 4.69) is 139 Å². The van der Waals surface area contributed by atoms with Gasteiger partial charge in [-0.2, -0.15) is 72.8 Å². The number of fused-ring (bicyclic) bond motifs is 13. The molecular formula is C31H29BN4Pt. The van der Waals surface area contributed by atoms with Crippen molar-refractivity contribution in [3.05, 3.63) is 115 Å². The van der Waals surface area contributed by atoms with Crippen LogP contribution in [0.2, 0.25) is 0 Å². The minimum Gasteiger partial charge on any atom is -0.504 e. The topological polar surface area (TPSA) is 13.0 Å². The normalized spacial score (nSPS) is 21.3. The van der Waals surface area contributed by atoms with Crippen LogP contribution in [0.3, 0.4) is 0 Å². The van der Waals surface area contributed by atoms with Gasteiger partial charge in [-0.3, -0.25) is 0 Å². The minimum atomic E-state index is 0. The van der Waals surface area contributed by atoms with Crippen LogP contribution in [0.5, 0.6) is 0 Å². The van der Waals surface area contributed by atoms with E-state index in [4.69, 9.17) is 0 Å². The van der Waals surface area contributed by atoms with Crippen LogP contribution in [0.1, 0.15) is 29.5 Å². The zero-order chi connectivity index (χ0) is 24.4. The first-order chi connectivity index (χ1) is 17.5. The molecule has 7 rings (SSSR count). The van der Waals surface area contributed by atoms with E-state index in [-0.39, 0.29) is 27.8 Å². The summed E-state index contributed by atoms with van der Waals surface area (Å²) in [7, 11) is 0. The van der Waals surface area contributed by atoms with Gasteiger partial charge in [0.15, 0.2) is 6.71 Å². The summed E-state index contributed by atoms with van der Waals surface area (Å²) >= 11 is 0.